The van der Waals surface area contributed by atoms with E-state index in [-0.39, 0.29) is 0 Å². The number of nitrogens with zero attached hydrogens (tertiary/aromatic N) is 4. The number of aryl methyl sites for hydroxylation is 1. The second-order valence-corrected chi connectivity index (χ2v) is 7.92. The van der Waals surface area contributed by atoms with Crippen molar-refractivity contribution in [3.63, 3.8) is 0 Å². The van der Waals surface area contributed by atoms with Crippen LogP contribution in [0.15, 0.2) is 42.5 Å². The topological polar surface area (TPSA) is 34.6 Å². The summed E-state index contributed by atoms with van der Waals surface area (Å²) in [5.41, 5.74) is 4.53. The summed E-state index contributed by atoms with van der Waals surface area (Å²) in [5.74, 6) is 0. The SMILES string of the molecule is CCN(CC)c1ccc(NC(=S)N2CCCN(Cc3cccc(C)n3)CC2)cc1. The van der Waals surface area contributed by atoms with Crippen LogP contribution in [0.2, 0.25) is 0 Å². The molecule has 0 radical (unpaired) electrons. The summed E-state index contributed by atoms with van der Waals surface area (Å²) in [6, 6.07) is 14.8. The Hall–Kier alpha value is -2.18. The minimum Gasteiger partial charge on any atom is -0.372 e. The lowest BCUT2D eigenvalue weighted by Crippen LogP contribution is -2.37. The van der Waals surface area contributed by atoms with Crippen molar-refractivity contribution in [3.8, 4) is 0 Å². The van der Waals surface area contributed by atoms with Gasteiger partial charge in [0.05, 0.1) is 5.69 Å². The van der Waals surface area contributed by atoms with E-state index < -0.39 is 0 Å². The van der Waals surface area contributed by atoms with Crippen LogP contribution in [0.25, 0.3) is 0 Å². The molecule has 0 amide bonds. The zero-order valence-corrected chi connectivity index (χ0v) is 18.7. The van der Waals surface area contributed by atoms with Crippen LogP contribution in [0.4, 0.5) is 11.4 Å². The Morgan fingerprint density at radius 3 is 2.48 bits per heavy atom. The molecule has 0 atom stereocenters. The van der Waals surface area contributed by atoms with Gasteiger partial charge in [0.2, 0.25) is 0 Å². The molecule has 1 aromatic carbocycles. The fourth-order valence-corrected chi connectivity index (χ4v) is 4.10. The second kappa shape index (κ2) is 10.6. The molecule has 1 aliphatic heterocycles. The lowest BCUT2D eigenvalue weighted by Gasteiger charge is -2.25. The largest absolute Gasteiger partial charge is 0.372 e. The van der Waals surface area contributed by atoms with Crippen molar-refractivity contribution in [2.45, 2.75) is 33.7 Å². The van der Waals surface area contributed by atoms with Crippen LogP contribution in [0.5, 0.6) is 0 Å². The van der Waals surface area contributed by atoms with Gasteiger partial charge in [0.25, 0.3) is 0 Å². The van der Waals surface area contributed by atoms with Gasteiger partial charge in [-0.3, -0.25) is 9.88 Å². The summed E-state index contributed by atoms with van der Waals surface area (Å²) in [6.07, 6.45) is 1.11. The minimum absolute atomic E-state index is 0.816. The highest BCUT2D eigenvalue weighted by molar-refractivity contribution is 7.80. The molecule has 0 unspecified atom stereocenters. The van der Waals surface area contributed by atoms with Gasteiger partial charge in [-0.25, -0.2) is 0 Å². The third-order valence-electron chi connectivity index (χ3n) is 5.45. The predicted octanol–water partition coefficient (Wildman–Crippen LogP) is 4.14. The van der Waals surface area contributed by atoms with Gasteiger partial charge in [0.15, 0.2) is 5.11 Å². The van der Waals surface area contributed by atoms with Crippen molar-refractivity contribution in [3.05, 3.63) is 53.9 Å². The number of benzene rings is 1. The smallest absolute Gasteiger partial charge is 0.173 e. The van der Waals surface area contributed by atoms with E-state index >= 15 is 0 Å². The number of anilines is 2. The van der Waals surface area contributed by atoms with E-state index in [1.807, 2.05) is 13.0 Å². The van der Waals surface area contributed by atoms with Gasteiger partial charge in [-0.1, -0.05) is 6.07 Å². The van der Waals surface area contributed by atoms with E-state index in [0.717, 1.165) is 74.4 Å². The first-order chi connectivity index (χ1) is 14.1. The molecule has 5 nitrogen and oxygen atoms in total. The van der Waals surface area contributed by atoms with Crippen LogP contribution in [0.1, 0.15) is 31.7 Å². The van der Waals surface area contributed by atoms with Crippen LogP contribution in [-0.4, -0.2) is 59.2 Å². The fourth-order valence-electron chi connectivity index (χ4n) is 3.80. The van der Waals surface area contributed by atoms with Crippen molar-refractivity contribution in [1.82, 2.24) is 14.8 Å². The first kappa shape index (κ1) is 21.5. The maximum Gasteiger partial charge on any atom is 0.173 e. The quantitative estimate of drug-likeness (QED) is 0.720. The van der Waals surface area contributed by atoms with E-state index in [4.69, 9.17) is 12.2 Å². The third kappa shape index (κ3) is 6.15. The molecule has 3 rings (SSSR count). The second-order valence-electron chi connectivity index (χ2n) is 7.54. The molecular formula is C23H33N5S. The maximum atomic E-state index is 5.71. The molecule has 0 aliphatic carbocycles. The summed E-state index contributed by atoms with van der Waals surface area (Å²) in [6.45, 7) is 13.4. The molecule has 29 heavy (non-hydrogen) atoms. The maximum absolute atomic E-state index is 5.71. The molecule has 2 aromatic rings. The van der Waals surface area contributed by atoms with Crippen molar-refractivity contribution in [1.29, 1.82) is 0 Å². The van der Waals surface area contributed by atoms with Gasteiger partial charge in [-0.2, -0.15) is 0 Å². The molecule has 0 saturated carbocycles. The summed E-state index contributed by atoms with van der Waals surface area (Å²) in [5, 5.41) is 4.24. The molecule has 1 aliphatic rings. The molecule has 0 spiro atoms. The molecule has 1 N–H and O–H groups in total. The van der Waals surface area contributed by atoms with Crippen LogP contribution < -0.4 is 10.2 Å². The van der Waals surface area contributed by atoms with Gasteiger partial charge in [-0.15, -0.1) is 0 Å². The molecule has 156 valence electrons. The first-order valence-electron chi connectivity index (χ1n) is 10.6. The number of aromatic nitrogens is 1. The zero-order chi connectivity index (χ0) is 20.6. The lowest BCUT2D eigenvalue weighted by atomic mass is 10.2. The Morgan fingerprint density at radius 1 is 1.03 bits per heavy atom. The van der Waals surface area contributed by atoms with Gasteiger partial charge >= 0.3 is 0 Å². The van der Waals surface area contributed by atoms with Crippen molar-refractivity contribution < 1.29 is 0 Å². The molecule has 1 aromatic heterocycles. The lowest BCUT2D eigenvalue weighted by molar-refractivity contribution is 0.275. The molecule has 1 fully saturated rings. The number of thiocarbonyl (C=S) groups is 1. The summed E-state index contributed by atoms with van der Waals surface area (Å²) >= 11 is 5.71. The number of hydrogen-bond donors (Lipinski definition) is 1. The highest BCUT2D eigenvalue weighted by Gasteiger charge is 2.17. The first-order valence-corrected chi connectivity index (χ1v) is 11.1. The Balaban J connectivity index is 1.52. The van der Waals surface area contributed by atoms with E-state index in [9.17, 15) is 0 Å². The minimum atomic E-state index is 0.816. The molecular weight excluding hydrogens is 378 g/mol. The Bertz CT molecular complexity index is 788. The van der Waals surface area contributed by atoms with Crippen molar-refractivity contribution in [2.75, 3.05) is 49.5 Å². The van der Waals surface area contributed by atoms with Gasteiger partial charge < -0.3 is 15.1 Å². The highest BCUT2D eigenvalue weighted by Crippen LogP contribution is 2.18. The molecule has 1 saturated heterocycles. The van der Waals surface area contributed by atoms with Gasteiger partial charge in [0, 0.05) is 62.9 Å². The predicted molar refractivity (Wildman–Crippen MR) is 127 cm³/mol. The molecule has 2 heterocycles. The normalized spacial score (nSPS) is 15.1. The molecule has 0 bridgehead atoms. The van der Waals surface area contributed by atoms with E-state index in [1.165, 1.54) is 5.69 Å². The molecule has 6 heteroatoms. The zero-order valence-electron chi connectivity index (χ0n) is 17.9. The Kier molecular flexibility index (Phi) is 7.83. The summed E-state index contributed by atoms with van der Waals surface area (Å²) < 4.78 is 0. The van der Waals surface area contributed by atoms with Crippen LogP contribution in [-0.2, 0) is 6.54 Å². The Labute approximate surface area is 180 Å². The van der Waals surface area contributed by atoms with Crippen LogP contribution in [0, 0.1) is 6.92 Å². The van der Waals surface area contributed by atoms with Crippen LogP contribution in [0.3, 0.4) is 0 Å². The number of rotatable bonds is 6. The van der Waals surface area contributed by atoms with Gasteiger partial charge in [0.1, 0.15) is 0 Å². The third-order valence-corrected chi connectivity index (χ3v) is 5.81. The number of nitrogens with one attached hydrogen (secondary N) is 1. The standard InChI is InChI=1S/C23H33N5S/c1-4-27(5-2)22-12-10-20(11-13-22)25-23(29)28-15-7-14-26(16-17-28)18-21-9-6-8-19(3)24-21/h6,8-13H,4-5,7,14-18H2,1-3H3,(H,25,29). The average Bonchev–Trinajstić information content (AvgIpc) is 2.96. The summed E-state index contributed by atoms with van der Waals surface area (Å²) in [7, 11) is 0. The number of hydrogen-bond acceptors (Lipinski definition) is 4. The van der Waals surface area contributed by atoms with Crippen molar-refractivity contribution >= 4 is 28.7 Å². The number of pyridine rings is 1. The summed E-state index contributed by atoms with van der Waals surface area (Å²) in [4.78, 5) is 11.7. The highest BCUT2D eigenvalue weighted by atomic mass is 32.1. The van der Waals surface area contributed by atoms with E-state index in [1.54, 1.807) is 0 Å². The van der Waals surface area contributed by atoms with Gasteiger partial charge in [-0.05, 0) is 75.8 Å². The van der Waals surface area contributed by atoms with E-state index in [0.29, 0.717) is 0 Å². The monoisotopic (exact) mass is 411 g/mol. The van der Waals surface area contributed by atoms with Crippen LogP contribution >= 0.6 is 12.2 Å². The van der Waals surface area contributed by atoms with E-state index in [2.05, 4.69) is 75.2 Å². The average molecular weight is 412 g/mol. The fraction of sp³-hybridized carbons (Fsp3) is 0.478. The Morgan fingerprint density at radius 2 is 1.79 bits per heavy atom. The van der Waals surface area contributed by atoms with Crippen molar-refractivity contribution in [2.24, 2.45) is 0 Å².